The minimum Gasteiger partial charge on any atom is -0.269 e. The van der Waals surface area contributed by atoms with Crippen molar-refractivity contribution in [3.8, 4) is 0 Å². The van der Waals surface area contributed by atoms with Gasteiger partial charge in [0.1, 0.15) is 0 Å². The molecule has 1 aliphatic rings. The first-order valence-electron chi connectivity index (χ1n) is 6.71. The molecule has 1 aromatic rings. The third-order valence-electron chi connectivity index (χ3n) is 3.63. The average molecular weight is 255 g/mol. The predicted molar refractivity (Wildman–Crippen MR) is 72.6 cm³/mol. The smallest absolute Gasteiger partial charge is 0.0630 e. The van der Waals surface area contributed by atoms with E-state index in [4.69, 9.17) is 16.7 Å². The Morgan fingerprint density at radius 2 is 2.06 bits per heavy atom. The number of rotatable bonds is 4. The lowest BCUT2D eigenvalue weighted by Gasteiger charge is -2.22. The van der Waals surface area contributed by atoms with Crippen LogP contribution < -0.4 is 0 Å². The van der Waals surface area contributed by atoms with Crippen molar-refractivity contribution in [3.05, 3.63) is 18.0 Å². The maximum atomic E-state index is 5.96. The lowest BCUT2D eigenvalue weighted by Crippen LogP contribution is -2.18. The minimum absolute atomic E-state index is 0.146. The Kier molecular flexibility index (Phi) is 4.13. The molecule has 0 spiro atoms. The second-order valence-corrected chi connectivity index (χ2v) is 6.32. The molecule has 0 atom stereocenters. The summed E-state index contributed by atoms with van der Waals surface area (Å²) in [6.45, 7) is 4.39. The van der Waals surface area contributed by atoms with Gasteiger partial charge in [-0.05, 0) is 30.7 Å². The SMILES string of the molecule is CC(C)(CCl)Cc1ccn(C2CCCCC2)n1. The zero-order chi connectivity index (χ0) is 12.3. The van der Waals surface area contributed by atoms with Crippen LogP contribution in [-0.4, -0.2) is 15.7 Å². The Morgan fingerprint density at radius 1 is 1.35 bits per heavy atom. The summed E-state index contributed by atoms with van der Waals surface area (Å²) in [6.07, 6.45) is 9.80. The maximum Gasteiger partial charge on any atom is 0.0630 e. The fourth-order valence-electron chi connectivity index (χ4n) is 2.56. The van der Waals surface area contributed by atoms with Gasteiger partial charge in [-0.25, -0.2) is 0 Å². The zero-order valence-electron chi connectivity index (χ0n) is 11.0. The topological polar surface area (TPSA) is 17.8 Å². The van der Waals surface area contributed by atoms with Crippen LogP contribution in [0.4, 0.5) is 0 Å². The molecule has 96 valence electrons. The highest BCUT2D eigenvalue weighted by atomic mass is 35.5. The van der Waals surface area contributed by atoms with Crippen molar-refractivity contribution < 1.29 is 0 Å². The molecule has 17 heavy (non-hydrogen) atoms. The van der Waals surface area contributed by atoms with Crippen molar-refractivity contribution in [3.63, 3.8) is 0 Å². The molecule has 0 bridgehead atoms. The summed E-state index contributed by atoms with van der Waals surface area (Å²) >= 11 is 5.96. The number of hydrogen-bond acceptors (Lipinski definition) is 1. The van der Waals surface area contributed by atoms with Gasteiger partial charge in [0, 0.05) is 12.1 Å². The summed E-state index contributed by atoms with van der Waals surface area (Å²) < 4.78 is 2.18. The molecule has 0 aliphatic heterocycles. The third-order valence-corrected chi connectivity index (χ3v) is 4.36. The van der Waals surface area contributed by atoms with E-state index in [0.29, 0.717) is 11.9 Å². The summed E-state index contributed by atoms with van der Waals surface area (Å²) in [4.78, 5) is 0. The molecule has 1 fully saturated rings. The van der Waals surface area contributed by atoms with Gasteiger partial charge >= 0.3 is 0 Å². The van der Waals surface area contributed by atoms with Crippen LogP contribution in [0.1, 0.15) is 57.7 Å². The Balaban J connectivity index is 2.00. The van der Waals surface area contributed by atoms with E-state index in [1.807, 2.05) is 0 Å². The van der Waals surface area contributed by atoms with Crippen molar-refractivity contribution in [2.24, 2.45) is 5.41 Å². The highest BCUT2D eigenvalue weighted by molar-refractivity contribution is 6.18. The van der Waals surface area contributed by atoms with Crippen LogP contribution in [0.3, 0.4) is 0 Å². The van der Waals surface area contributed by atoms with Crippen molar-refractivity contribution in [1.29, 1.82) is 0 Å². The largest absolute Gasteiger partial charge is 0.269 e. The van der Waals surface area contributed by atoms with Crippen LogP contribution in [0.15, 0.2) is 12.3 Å². The van der Waals surface area contributed by atoms with E-state index in [9.17, 15) is 0 Å². The van der Waals surface area contributed by atoms with Crippen LogP contribution in [0.2, 0.25) is 0 Å². The molecule has 1 saturated carbocycles. The van der Waals surface area contributed by atoms with E-state index in [-0.39, 0.29) is 5.41 Å². The summed E-state index contributed by atoms with van der Waals surface area (Å²) in [7, 11) is 0. The van der Waals surface area contributed by atoms with E-state index in [1.165, 1.54) is 37.8 Å². The van der Waals surface area contributed by atoms with E-state index in [0.717, 1.165) is 6.42 Å². The molecule has 0 saturated heterocycles. The van der Waals surface area contributed by atoms with Gasteiger partial charge < -0.3 is 0 Å². The number of hydrogen-bond donors (Lipinski definition) is 0. The van der Waals surface area contributed by atoms with Gasteiger partial charge in [0.15, 0.2) is 0 Å². The second kappa shape index (κ2) is 5.43. The van der Waals surface area contributed by atoms with Crippen molar-refractivity contribution in [2.75, 3.05) is 5.88 Å². The lowest BCUT2D eigenvalue weighted by molar-refractivity contribution is 0.325. The first-order valence-corrected chi connectivity index (χ1v) is 7.24. The van der Waals surface area contributed by atoms with E-state index in [1.54, 1.807) is 0 Å². The number of halogens is 1. The van der Waals surface area contributed by atoms with Crippen molar-refractivity contribution in [2.45, 2.75) is 58.4 Å². The van der Waals surface area contributed by atoms with Gasteiger partial charge in [-0.15, -0.1) is 11.6 Å². The molecule has 0 radical (unpaired) electrons. The monoisotopic (exact) mass is 254 g/mol. The lowest BCUT2D eigenvalue weighted by atomic mass is 9.90. The Labute approximate surface area is 109 Å². The highest BCUT2D eigenvalue weighted by Gasteiger charge is 2.20. The Morgan fingerprint density at radius 3 is 2.71 bits per heavy atom. The summed E-state index contributed by atoms with van der Waals surface area (Å²) in [5.74, 6) is 0.684. The molecule has 0 unspecified atom stereocenters. The van der Waals surface area contributed by atoms with Crippen molar-refractivity contribution >= 4 is 11.6 Å². The zero-order valence-corrected chi connectivity index (χ0v) is 11.7. The summed E-state index contributed by atoms with van der Waals surface area (Å²) in [6, 6.07) is 2.79. The normalized spacial score (nSPS) is 18.5. The van der Waals surface area contributed by atoms with Gasteiger partial charge in [0.25, 0.3) is 0 Å². The third kappa shape index (κ3) is 3.48. The van der Waals surface area contributed by atoms with Gasteiger partial charge in [-0.1, -0.05) is 33.1 Å². The van der Waals surface area contributed by atoms with Gasteiger partial charge in [-0.3, -0.25) is 4.68 Å². The van der Waals surface area contributed by atoms with Gasteiger partial charge in [0.2, 0.25) is 0 Å². The standard InChI is InChI=1S/C14H23ClN2/c1-14(2,11-15)10-12-8-9-17(16-12)13-6-4-3-5-7-13/h8-9,13H,3-7,10-11H2,1-2H3. The molecule has 2 rings (SSSR count). The first kappa shape index (κ1) is 12.9. The fourth-order valence-corrected chi connectivity index (χ4v) is 2.65. The highest BCUT2D eigenvalue weighted by Crippen LogP contribution is 2.28. The number of aromatic nitrogens is 2. The number of nitrogens with zero attached hydrogens (tertiary/aromatic N) is 2. The molecule has 1 aliphatic carbocycles. The second-order valence-electron chi connectivity index (χ2n) is 6.05. The van der Waals surface area contributed by atoms with Crippen LogP contribution in [0, 0.1) is 5.41 Å². The van der Waals surface area contributed by atoms with Crippen LogP contribution >= 0.6 is 11.6 Å². The fraction of sp³-hybridized carbons (Fsp3) is 0.786. The predicted octanol–water partition coefficient (Wildman–Crippen LogP) is 4.20. The first-order chi connectivity index (χ1) is 8.11. The molecule has 2 nitrogen and oxygen atoms in total. The quantitative estimate of drug-likeness (QED) is 0.737. The van der Waals surface area contributed by atoms with E-state index < -0.39 is 0 Å². The molecule has 1 aromatic heterocycles. The molecular formula is C14H23ClN2. The van der Waals surface area contributed by atoms with Crippen LogP contribution in [0.25, 0.3) is 0 Å². The molecule has 0 N–H and O–H groups in total. The molecular weight excluding hydrogens is 232 g/mol. The molecule has 1 heterocycles. The van der Waals surface area contributed by atoms with Crippen molar-refractivity contribution in [1.82, 2.24) is 9.78 Å². The molecule has 3 heteroatoms. The van der Waals surface area contributed by atoms with Gasteiger partial charge in [-0.2, -0.15) is 5.10 Å². The van der Waals surface area contributed by atoms with Crippen LogP contribution in [0.5, 0.6) is 0 Å². The Hall–Kier alpha value is -0.500. The summed E-state index contributed by atoms with van der Waals surface area (Å²) in [5.41, 5.74) is 1.33. The van der Waals surface area contributed by atoms with E-state index >= 15 is 0 Å². The summed E-state index contributed by atoms with van der Waals surface area (Å²) in [5, 5.41) is 4.73. The average Bonchev–Trinajstić information content (AvgIpc) is 2.78. The van der Waals surface area contributed by atoms with E-state index in [2.05, 4.69) is 30.8 Å². The maximum absolute atomic E-state index is 5.96. The van der Waals surface area contributed by atoms with Crippen LogP contribution in [-0.2, 0) is 6.42 Å². The van der Waals surface area contributed by atoms with Gasteiger partial charge in [0.05, 0.1) is 11.7 Å². The number of alkyl halides is 1. The Bertz CT molecular complexity index is 351. The molecule has 0 amide bonds. The minimum atomic E-state index is 0.146. The molecule has 0 aromatic carbocycles.